The Labute approximate surface area is 90.8 Å². The van der Waals surface area contributed by atoms with Gasteiger partial charge in [-0.15, -0.1) is 0 Å². The van der Waals surface area contributed by atoms with Crippen molar-refractivity contribution in [2.75, 3.05) is 14.2 Å². The van der Waals surface area contributed by atoms with E-state index in [1.807, 2.05) is 6.07 Å². The predicted molar refractivity (Wildman–Crippen MR) is 56.5 cm³/mol. The number of amides is 1. The van der Waals surface area contributed by atoms with Gasteiger partial charge in [0.15, 0.2) is 0 Å². The van der Waals surface area contributed by atoms with Crippen molar-refractivity contribution in [1.82, 2.24) is 4.90 Å². The SMILES string of the molecule is COc1cc2c(cc1Br)CN(C)C2=O. The molecule has 0 aliphatic carbocycles. The van der Waals surface area contributed by atoms with Gasteiger partial charge in [0.25, 0.3) is 5.91 Å². The lowest BCUT2D eigenvalue weighted by Gasteiger charge is -2.04. The van der Waals surface area contributed by atoms with Crippen molar-refractivity contribution < 1.29 is 9.53 Å². The molecule has 0 radical (unpaired) electrons. The first kappa shape index (κ1) is 9.52. The van der Waals surface area contributed by atoms with E-state index >= 15 is 0 Å². The van der Waals surface area contributed by atoms with Gasteiger partial charge in [-0.3, -0.25) is 4.79 Å². The summed E-state index contributed by atoms with van der Waals surface area (Å²) < 4.78 is 6.03. The molecule has 74 valence electrons. The van der Waals surface area contributed by atoms with E-state index in [0.717, 1.165) is 15.6 Å². The third-order valence-corrected chi connectivity index (χ3v) is 2.98. The lowest BCUT2D eigenvalue weighted by molar-refractivity contribution is 0.0816. The molecule has 1 aliphatic rings. The normalized spacial score (nSPS) is 14.5. The molecule has 0 saturated heterocycles. The number of halogens is 1. The van der Waals surface area contributed by atoms with Gasteiger partial charge in [-0.1, -0.05) is 0 Å². The molecule has 2 rings (SSSR count). The second-order valence-electron chi connectivity index (χ2n) is 3.31. The van der Waals surface area contributed by atoms with Crippen LogP contribution in [0.3, 0.4) is 0 Å². The molecule has 0 atom stereocenters. The van der Waals surface area contributed by atoms with Gasteiger partial charge < -0.3 is 9.64 Å². The van der Waals surface area contributed by atoms with Gasteiger partial charge in [0.05, 0.1) is 11.6 Å². The van der Waals surface area contributed by atoms with Gasteiger partial charge in [-0.25, -0.2) is 0 Å². The molecule has 1 amide bonds. The first-order chi connectivity index (χ1) is 6.63. The second-order valence-corrected chi connectivity index (χ2v) is 4.16. The van der Waals surface area contributed by atoms with E-state index in [0.29, 0.717) is 12.3 Å². The number of fused-ring (bicyclic) bond motifs is 1. The van der Waals surface area contributed by atoms with E-state index in [-0.39, 0.29) is 5.91 Å². The zero-order valence-electron chi connectivity index (χ0n) is 8.00. The van der Waals surface area contributed by atoms with Crippen LogP contribution in [0, 0.1) is 0 Å². The summed E-state index contributed by atoms with van der Waals surface area (Å²) in [6.07, 6.45) is 0. The highest BCUT2D eigenvalue weighted by atomic mass is 79.9. The van der Waals surface area contributed by atoms with Crippen molar-refractivity contribution in [2.45, 2.75) is 6.54 Å². The molecule has 0 N–H and O–H groups in total. The van der Waals surface area contributed by atoms with Crippen LogP contribution in [0.1, 0.15) is 15.9 Å². The molecule has 0 saturated carbocycles. The number of nitrogens with zero attached hydrogens (tertiary/aromatic N) is 1. The third kappa shape index (κ3) is 1.30. The number of methoxy groups -OCH3 is 1. The molecule has 0 spiro atoms. The van der Waals surface area contributed by atoms with Crippen molar-refractivity contribution in [3.05, 3.63) is 27.7 Å². The van der Waals surface area contributed by atoms with Crippen LogP contribution < -0.4 is 4.74 Å². The summed E-state index contributed by atoms with van der Waals surface area (Å²) in [5.74, 6) is 0.762. The van der Waals surface area contributed by atoms with E-state index in [1.54, 1.807) is 25.1 Å². The Hall–Kier alpha value is -1.03. The van der Waals surface area contributed by atoms with Crippen LogP contribution in [-0.4, -0.2) is 25.0 Å². The molecule has 1 aliphatic heterocycles. The second kappa shape index (κ2) is 3.28. The van der Waals surface area contributed by atoms with Gasteiger partial charge in [-0.2, -0.15) is 0 Å². The van der Waals surface area contributed by atoms with Crippen LogP contribution in [0.25, 0.3) is 0 Å². The number of hydrogen-bond donors (Lipinski definition) is 0. The smallest absolute Gasteiger partial charge is 0.254 e. The van der Waals surface area contributed by atoms with Crippen molar-refractivity contribution in [2.24, 2.45) is 0 Å². The number of benzene rings is 1. The first-order valence-electron chi connectivity index (χ1n) is 4.25. The van der Waals surface area contributed by atoms with Crippen molar-refractivity contribution >= 4 is 21.8 Å². The highest BCUT2D eigenvalue weighted by molar-refractivity contribution is 9.10. The molecule has 0 fully saturated rings. The maximum absolute atomic E-state index is 11.6. The van der Waals surface area contributed by atoms with Crippen LogP contribution in [0.5, 0.6) is 5.75 Å². The Bertz CT molecular complexity index is 403. The molecule has 1 aromatic rings. The molecule has 0 aromatic heterocycles. The molecule has 1 aromatic carbocycles. The van der Waals surface area contributed by atoms with E-state index in [1.165, 1.54) is 0 Å². The van der Waals surface area contributed by atoms with E-state index in [2.05, 4.69) is 15.9 Å². The zero-order chi connectivity index (χ0) is 10.3. The molecule has 0 unspecified atom stereocenters. The van der Waals surface area contributed by atoms with E-state index in [4.69, 9.17) is 4.74 Å². The van der Waals surface area contributed by atoms with Gasteiger partial charge in [0, 0.05) is 19.2 Å². The fourth-order valence-electron chi connectivity index (χ4n) is 1.61. The Kier molecular flexibility index (Phi) is 2.23. The monoisotopic (exact) mass is 255 g/mol. The van der Waals surface area contributed by atoms with Gasteiger partial charge in [0.2, 0.25) is 0 Å². The van der Waals surface area contributed by atoms with Crippen LogP contribution in [0.4, 0.5) is 0 Å². The summed E-state index contributed by atoms with van der Waals surface area (Å²) >= 11 is 3.40. The van der Waals surface area contributed by atoms with Crippen molar-refractivity contribution in [1.29, 1.82) is 0 Å². The number of hydrogen-bond acceptors (Lipinski definition) is 2. The lowest BCUT2D eigenvalue weighted by atomic mass is 10.1. The molecule has 4 heteroatoms. The average molecular weight is 256 g/mol. The largest absolute Gasteiger partial charge is 0.496 e. The molecule has 1 heterocycles. The Morgan fingerprint density at radius 1 is 1.50 bits per heavy atom. The van der Waals surface area contributed by atoms with Crippen LogP contribution in [-0.2, 0) is 6.54 Å². The minimum atomic E-state index is 0.0609. The number of rotatable bonds is 1. The Morgan fingerprint density at radius 2 is 2.21 bits per heavy atom. The number of ether oxygens (including phenoxy) is 1. The topological polar surface area (TPSA) is 29.5 Å². The molecule has 3 nitrogen and oxygen atoms in total. The molecule has 0 bridgehead atoms. The fraction of sp³-hybridized carbons (Fsp3) is 0.300. The fourth-order valence-corrected chi connectivity index (χ4v) is 2.17. The summed E-state index contributed by atoms with van der Waals surface area (Å²) in [5, 5.41) is 0. The summed E-state index contributed by atoms with van der Waals surface area (Å²) in [7, 11) is 3.39. The zero-order valence-corrected chi connectivity index (χ0v) is 9.59. The molecule has 14 heavy (non-hydrogen) atoms. The number of carbonyl (C=O) groups excluding carboxylic acids is 1. The van der Waals surface area contributed by atoms with Crippen molar-refractivity contribution in [3.8, 4) is 5.75 Å². The summed E-state index contributed by atoms with van der Waals surface area (Å²) in [4.78, 5) is 13.3. The standard InChI is InChI=1S/C10H10BrNO2/c1-12-5-6-3-8(11)9(14-2)4-7(6)10(12)13/h3-4H,5H2,1-2H3. The molecular formula is C10H10BrNO2. The summed E-state index contributed by atoms with van der Waals surface area (Å²) in [5.41, 5.74) is 1.79. The minimum Gasteiger partial charge on any atom is -0.496 e. The Morgan fingerprint density at radius 3 is 2.86 bits per heavy atom. The van der Waals surface area contributed by atoms with Crippen LogP contribution >= 0.6 is 15.9 Å². The quantitative estimate of drug-likeness (QED) is 0.769. The molecular weight excluding hydrogens is 246 g/mol. The maximum Gasteiger partial charge on any atom is 0.254 e. The summed E-state index contributed by atoms with van der Waals surface area (Å²) in [6, 6.07) is 3.72. The third-order valence-electron chi connectivity index (χ3n) is 2.36. The van der Waals surface area contributed by atoms with Crippen molar-refractivity contribution in [3.63, 3.8) is 0 Å². The van der Waals surface area contributed by atoms with Gasteiger partial charge in [-0.05, 0) is 33.6 Å². The first-order valence-corrected chi connectivity index (χ1v) is 5.04. The number of carbonyl (C=O) groups is 1. The lowest BCUT2D eigenvalue weighted by Crippen LogP contribution is -2.17. The van der Waals surface area contributed by atoms with E-state index in [9.17, 15) is 4.79 Å². The van der Waals surface area contributed by atoms with E-state index < -0.39 is 0 Å². The predicted octanol–water partition coefficient (Wildman–Crippen LogP) is 2.04. The van der Waals surface area contributed by atoms with Gasteiger partial charge >= 0.3 is 0 Å². The highest BCUT2D eigenvalue weighted by Gasteiger charge is 2.25. The van der Waals surface area contributed by atoms with Gasteiger partial charge in [0.1, 0.15) is 5.75 Å². The van der Waals surface area contributed by atoms with Crippen LogP contribution in [0.2, 0.25) is 0 Å². The highest BCUT2D eigenvalue weighted by Crippen LogP contribution is 2.32. The summed E-state index contributed by atoms with van der Waals surface area (Å²) in [6.45, 7) is 0.677. The average Bonchev–Trinajstić information content (AvgIpc) is 2.41. The minimum absolute atomic E-state index is 0.0609. The van der Waals surface area contributed by atoms with Crippen LogP contribution in [0.15, 0.2) is 16.6 Å². The maximum atomic E-state index is 11.6. The Balaban J connectivity index is 2.55.